The molecule has 1 fully saturated rings. The standard InChI is InChI=1S/C21H30N8O/c1-13(9-10-22)26-14-5-4-6-15(11-14)27-20-16(19(24)30)12-25-21(29-20)28-18-8-3-2-7-17(18)23/h4-6,10-13,17-18,22,26H,2-3,7-9,23H2,1H3,(H2,24,30)(H2,25,27,28,29). The van der Waals surface area contributed by atoms with Crippen LogP contribution in [0, 0.1) is 5.41 Å². The summed E-state index contributed by atoms with van der Waals surface area (Å²) in [5.74, 6) is 0.153. The molecule has 1 aromatic carbocycles. The Labute approximate surface area is 176 Å². The Morgan fingerprint density at radius 2 is 2.10 bits per heavy atom. The van der Waals surface area contributed by atoms with Crippen LogP contribution < -0.4 is 27.4 Å². The summed E-state index contributed by atoms with van der Waals surface area (Å²) in [7, 11) is 0. The predicted octanol–water partition coefficient (Wildman–Crippen LogP) is 2.84. The van der Waals surface area contributed by atoms with Crippen molar-refractivity contribution < 1.29 is 4.79 Å². The molecule has 160 valence electrons. The van der Waals surface area contributed by atoms with Crippen molar-refractivity contribution in [2.75, 3.05) is 16.0 Å². The first-order valence-electron chi connectivity index (χ1n) is 10.3. The van der Waals surface area contributed by atoms with Crippen LogP contribution >= 0.6 is 0 Å². The van der Waals surface area contributed by atoms with Crippen LogP contribution in [0.15, 0.2) is 30.5 Å². The van der Waals surface area contributed by atoms with Crippen LogP contribution in [0.25, 0.3) is 0 Å². The van der Waals surface area contributed by atoms with Gasteiger partial charge in [-0.1, -0.05) is 18.9 Å². The van der Waals surface area contributed by atoms with Crippen LogP contribution in [-0.4, -0.2) is 40.2 Å². The first-order chi connectivity index (χ1) is 14.5. The smallest absolute Gasteiger partial charge is 0.254 e. The lowest BCUT2D eigenvalue weighted by molar-refractivity contribution is 0.100. The van der Waals surface area contributed by atoms with Crippen molar-refractivity contribution in [1.82, 2.24) is 9.97 Å². The topological polar surface area (TPSA) is 155 Å². The van der Waals surface area contributed by atoms with Crippen LogP contribution in [0.5, 0.6) is 0 Å². The van der Waals surface area contributed by atoms with Crippen molar-refractivity contribution in [3.8, 4) is 0 Å². The van der Waals surface area contributed by atoms with Gasteiger partial charge in [0.2, 0.25) is 5.95 Å². The monoisotopic (exact) mass is 410 g/mol. The SMILES string of the molecule is CC(CC=N)Nc1cccc(Nc2nc(NC3CCCCC3N)ncc2C(N)=O)c1. The van der Waals surface area contributed by atoms with E-state index in [1.165, 1.54) is 12.4 Å². The lowest BCUT2D eigenvalue weighted by Gasteiger charge is -2.29. The molecule has 3 atom stereocenters. The van der Waals surface area contributed by atoms with E-state index in [-0.39, 0.29) is 23.7 Å². The zero-order valence-electron chi connectivity index (χ0n) is 17.2. The maximum atomic E-state index is 11.9. The zero-order chi connectivity index (χ0) is 21.5. The van der Waals surface area contributed by atoms with Gasteiger partial charge in [-0.15, -0.1) is 0 Å². The molecular weight excluding hydrogens is 380 g/mol. The Kier molecular flexibility index (Phi) is 7.18. The number of aromatic nitrogens is 2. The largest absolute Gasteiger partial charge is 0.382 e. The van der Waals surface area contributed by atoms with Crippen molar-refractivity contribution >= 4 is 35.3 Å². The highest BCUT2D eigenvalue weighted by atomic mass is 16.1. The first kappa shape index (κ1) is 21.5. The van der Waals surface area contributed by atoms with Crippen LogP contribution in [0.3, 0.4) is 0 Å². The van der Waals surface area contributed by atoms with Gasteiger partial charge in [0.1, 0.15) is 11.4 Å². The number of benzene rings is 1. The normalized spacial score (nSPS) is 19.5. The van der Waals surface area contributed by atoms with Crippen LogP contribution in [0.1, 0.15) is 49.4 Å². The highest BCUT2D eigenvalue weighted by Gasteiger charge is 2.23. The molecule has 0 radical (unpaired) electrons. The first-order valence-corrected chi connectivity index (χ1v) is 10.3. The number of hydrogen-bond acceptors (Lipinski definition) is 8. The predicted molar refractivity (Wildman–Crippen MR) is 121 cm³/mol. The lowest BCUT2D eigenvalue weighted by atomic mass is 9.91. The lowest BCUT2D eigenvalue weighted by Crippen LogP contribution is -2.43. The van der Waals surface area contributed by atoms with Crippen molar-refractivity contribution in [1.29, 1.82) is 5.41 Å². The van der Waals surface area contributed by atoms with Crippen LogP contribution in [0.4, 0.5) is 23.1 Å². The van der Waals surface area contributed by atoms with Crippen molar-refractivity contribution in [3.05, 3.63) is 36.0 Å². The van der Waals surface area contributed by atoms with E-state index in [0.717, 1.165) is 37.1 Å². The molecule has 1 aliphatic rings. The Balaban J connectivity index is 1.80. The Morgan fingerprint density at radius 3 is 2.83 bits per heavy atom. The number of anilines is 4. The average molecular weight is 411 g/mol. The van der Waals surface area contributed by atoms with Crippen molar-refractivity contribution in [2.45, 2.75) is 57.2 Å². The minimum absolute atomic E-state index is 0.0558. The summed E-state index contributed by atoms with van der Waals surface area (Å²) in [6.07, 6.45) is 7.64. The van der Waals surface area contributed by atoms with E-state index in [1.807, 2.05) is 31.2 Å². The summed E-state index contributed by atoms with van der Waals surface area (Å²) >= 11 is 0. The van der Waals surface area contributed by atoms with Gasteiger partial charge in [-0.25, -0.2) is 4.98 Å². The van der Waals surface area contributed by atoms with Gasteiger partial charge in [0.05, 0.1) is 0 Å². The van der Waals surface area contributed by atoms with Gasteiger partial charge in [0, 0.05) is 42.1 Å². The molecule has 9 heteroatoms. The fraction of sp³-hybridized carbons (Fsp3) is 0.429. The number of carbonyl (C=O) groups excluding carboxylic acids is 1. The second kappa shape index (κ2) is 10.0. The van der Waals surface area contributed by atoms with Gasteiger partial charge in [-0.2, -0.15) is 4.98 Å². The summed E-state index contributed by atoms with van der Waals surface area (Å²) in [5.41, 5.74) is 13.6. The molecule has 3 unspecified atom stereocenters. The highest BCUT2D eigenvalue weighted by molar-refractivity contribution is 5.98. The number of primary amides is 1. The van der Waals surface area contributed by atoms with E-state index in [2.05, 4.69) is 25.9 Å². The molecule has 1 aromatic heterocycles. The molecule has 0 aliphatic heterocycles. The van der Waals surface area contributed by atoms with Gasteiger partial charge in [0.25, 0.3) is 5.91 Å². The van der Waals surface area contributed by atoms with E-state index in [9.17, 15) is 4.79 Å². The van der Waals surface area contributed by atoms with Gasteiger partial charge in [-0.05, 0) is 44.2 Å². The van der Waals surface area contributed by atoms with E-state index >= 15 is 0 Å². The number of nitrogens with zero attached hydrogens (tertiary/aromatic N) is 2. The summed E-state index contributed by atoms with van der Waals surface area (Å²) in [5, 5.41) is 17.0. The second-order valence-electron chi connectivity index (χ2n) is 7.71. The highest BCUT2D eigenvalue weighted by Crippen LogP contribution is 2.24. The number of nitrogens with one attached hydrogen (secondary N) is 4. The third kappa shape index (κ3) is 5.66. The molecule has 30 heavy (non-hydrogen) atoms. The van der Waals surface area contributed by atoms with Crippen LogP contribution in [0.2, 0.25) is 0 Å². The number of rotatable bonds is 9. The molecule has 1 saturated carbocycles. The Bertz CT molecular complexity index is 887. The van der Waals surface area contributed by atoms with Gasteiger partial charge >= 0.3 is 0 Å². The summed E-state index contributed by atoms with van der Waals surface area (Å²) in [4.78, 5) is 20.6. The molecule has 1 aliphatic carbocycles. The quantitative estimate of drug-likeness (QED) is 0.347. The molecule has 0 saturated heterocycles. The van der Waals surface area contributed by atoms with E-state index in [0.29, 0.717) is 18.2 Å². The molecule has 8 N–H and O–H groups in total. The minimum atomic E-state index is -0.604. The molecule has 3 rings (SSSR count). The number of nitrogens with two attached hydrogens (primary N) is 2. The van der Waals surface area contributed by atoms with Gasteiger partial charge in [-0.3, -0.25) is 4.79 Å². The Hall–Kier alpha value is -3.20. The maximum absolute atomic E-state index is 11.9. The van der Waals surface area contributed by atoms with Crippen molar-refractivity contribution in [3.63, 3.8) is 0 Å². The summed E-state index contributed by atoms with van der Waals surface area (Å²) < 4.78 is 0. The number of amides is 1. The minimum Gasteiger partial charge on any atom is -0.382 e. The second-order valence-corrected chi connectivity index (χ2v) is 7.71. The molecule has 0 bridgehead atoms. The number of hydrogen-bond donors (Lipinski definition) is 6. The van der Waals surface area contributed by atoms with Crippen molar-refractivity contribution in [2.24, 2.45) is 11.5 Å². The zero-order valence-corrected chi connectivity index (χ0v) is 17.2. The fourth-order valence-corrected chi connectivity index (χ4v) is 3.58. The molecule has 2 aromatic rings. The molecule has 1 amide bonds. The molecular formula is C21H30N8O. The third-order valence-corrected chi connectivity index (χ3v) is 5.20. The van der Waals surface area contributed by atoms with Gasteiger partial charge < -0.3 is 32.8 Å². The summed E-state index contributed by atoms with van der Waals surface area (Å²) in [6.45, 7) is 2.01. The number of carbonyl (C=O) groups is 1. The Morgan fingerprint density at radius 1 is 1.33 bits per heavy atom. The maximum Gasteiger partial charge on any atom is 0.254 e. The van der Waals surface area contributed by atoms with Gasteiger partial charge in [0.15, 0.2) is 0 Å². The summed E-state index contributed by atoms with van der Waals surface area (Å²) in [6, 6.07) is 7.93. The average Bonchev–Trinajstić information content (AvgIpc) is 2.70. The molecule has 1 heterocycles. The van der Waals surface area contributed by atoms with E-state index in [1.54, 1.807) is 0 Å². The molecule has 9 nitrogen and oxygen atoms in total. The molecule has 0 spiro atoms. The van der Waals surface area contributed by atoms with E-state index in [4.69, 9.17) is 16.9 Å². The van der Waals surface area contributed by atoms with Crippen LogP contribution in [-0.2, 0) is 0 Å². The third-order valence-electron chi connectivity index (χ3n) is 5.20. The van der Waals surface area contributed by atoms with E-state index < -0.39 is 5.91 Å². The fourth-order valence-electron chi connectivity index (χ4n) is 3.58.